The van der Waals surface area contributed by atoms with E-state index in [0.717, 1.165) is 12.8 Å². The van der Waals surface area contributed by atoms with Crippen molar-refractivity contribution in [1.29, 1.82) is 0 Å². The Bertz CT molecular complexity index is 533. The Hall–Kier alpha value is -1.85. The maximum atomic E-state index is 12.2. The highest BCUT2D eigenvalue weighted by atomic mass is 16.4. The second kappa shape index (κ2) is 5.26. The normalized spacial score (nSPS) is 17.6. The van der Waals surface area contributed by atoms with Crippen LogP contribution in [0.1, 0.15) is 67.6 Å². The van der Waals surface area contributed by atoms with Crippen LogP contribution in [-0.4, -0.2) is 27.5 Å². The lowest BCUT2D eigenvalue weighted by molar-refractivity contribution is -0.144. The average Bonchev–Trinajstić information content (AvgIpc) is 3.12. The minimum Gasteiger partial charge on any atom is -0.480 e. The molecule has 6 nitrogen and oxygen atoms in total. The molecule has 1 saturated carbocycles. The Morgan fingerprint density at radius 1 is 1.50 bits per heavy atom. The zero-order valence-corrected chi connectivity index (χ0v) is 12.0. The van der Waals surface area contributed by atoms with Crippen LogP contribution in [-0.2, 0) is 4.79 Å². The van der Waals surface area contributed by atoms with E-state index in [1.807, 2.05) is 6.92 Å². The molecule has 0 bridgehead atoms. The number of nitrogens with zero attached hydrogens (tertiary/aromatic N) is 1. The van der Waals surface area contributed by atoms with E-state index in [0.29, 0.717) is 30.3 Å². The molecule has 2 rings (SSSR count). The molecule has 2 N–H and O–H groups in total. The summed E-state index contributed by atoms with van der Waals surface area (Å²) in [7, 11) is 0. The van der Waals surface area contributed by atoms with Gasteiger partial charge in [-0.05, 0) is 33.1 Å². The van der Waals surface area contributed by atoms with Crippen LogP contribution in [0.3, 0.4) is 0 Å². The van der Waals surface area contributed by atoms with E-state index in [9.17, 15) is 14.7 Å². The van der Waals surface area contributed by atoms with Crippen LogP contribution in [0.2, 0.25) is 0 Å². The highest BCUT2D eigenvalue weighted by Crippen LogP contribution is 2.40. The summed E-state index contributed by atoms with van der Waals surface area (Å²) >= 11 is 0. The zero-order valence-electron chi connectivity index (χ0n) is 12.0. The monoisotopic (exact) mass is 280 g/mol. The van der Waals surface area contributed by atoms with Crippen LogP contribution < -0.4 is 5.32 Å². The number of carboxylic acid groups (broad SMARTS) is 1. The molecule has 1 unspecified atom stereocenters. The number of rotatable bonds is 6. The molecule has 0 radical (unpaired) electrons. The van der Waals surface area contributed by atoms with Crippen molar-refractivity contribution in [2.75, 3.05) is 0 Å². The van der Waals surface area contributed by atoms with Gasteiger partial charge in [0.05, 0.1) is 5.69 Å². The Morgan fingerprint density at radius 2 is 2.15 bits per heavy atom. The third-order valence-corrected chi connectivity index (χ3v) is 3.56. The summed E-state index contributed by atoms with van der Waals surface area (Å²) in [5.41, 5.74) is -0.779. The zero-order chi connectivity index (χ0) is 14.9. The number of nitrogens with one attached hydrogen (secondary N) is 1. The lowest BCUT2D eigenvalue weighted by Gasteiger charge is -2.25. The van der Waals surface area contributed by atoms with Gasteiger partial charge in [0.15, 0.2) is 5.89 Å². The number of amides is 1. The second-order valence-corrected chi connectivity index (χ2v) is 5.58. The van der Waals surface area contributed by atoms with E-state index in [2.05, 4.69) is 10.3 Å². The predicted octanol–water partition coefficient (Wildman–Crippen LogP) is 2.23. The van der Waals surface area contributed by atoms with Crippen molar-refractivity contribution in [3.05, 3.63) is 17.3 Å². The summed E-state index contributed by atoms with van der Waals surface area (Å²) in [6, 6.07) is 0. The van der Waals surface area contributed by atoms with Crippen molar-refractivity contribution in [2.45, 2.75) is 57.9 Å². The number of carbonyl (C=O) groups is 2. The van der Waals surface area contributed by atoms with Crippen LogP contribution in [0.5, 0.6) is 0 Å². The molecule has 0 aromatic carbocycles. The number of oxazole rings is 1. The molecular formula is C14H20N2O4. The Kier molecular flexibility index (Phi) is 3.83. The number of aliphatic carboxylic acids is 1. The molecule has 1 aromatic heterocycles. The number of hydrogen-bond donors (Lipinski definition) is 2. The van der Waals surface area contributed by atoms with Gasteiger partial charge in [-0.3, -0.25) is 4.79 Å². The minimum absolute atomic E-state index is 0.121. The van der Waals surface area contributed by atoms with Crippen molar-refractivity contribution in [3.63, 3.8) is 0 Å². The molecule has 0 spiro atoms. The first-order chi connectivity index (χ1) is 9.37. The van der Waals surface area contributed by atoms with E-state index < -0.39 is 17.4 Å². The first kappa shape index (κ1) is 14.6. The molecule has 1 amide bonds. The molecule has 0 saturated heterocycles. The molecule has 110 valence electrons. The third-order valence-electron chi connectivity index (χ3n) is 3.56. The number of aromatic nitrogens is 1. The smallest absolute Gasteiger partial charge is 0.329 e. The number of aryl methyl sites for hydroxylation is 1. The van der Waals surface area contributed by atoms with Crippen LogP contribution in [0.15, 0.2) is 4.42 Å². The molecule has 1 atom stereocenters. The average molecular weight is 280 g/mol. The topological polar surface area (TPSA) is 92.4 Å². The summed E-state index contributed by atoms with van der Waals surface area (Å²) in [6.45, 7) is 5.07. The van der Waals surface area contributed by atoms with Crippen molar-refractivity contribution in [2.24, 2.45) is 0 Å². The van der Waals surface area contributed by atoms with E-state index in [1.165, 1.54) is 6.92 Å². The lowest BCUT2D eigenvalue weighted by atomic mass is 9.96. The number of carbonyl (C=O) groups excluding carboxylic acids is 1. The summed E-state index contributed by atoms with van der Waals surface area (Å²) in [6.07, 6.45) is 3.08. The summed E-state index contributed by atoms with van der Waals surface area (Å²) in [5.74, 6) is -0.542. The van der Waals surface area contributed by atoms with E-state index >= 15 is 0 Å². The molecule has 1 aromatic rings. The fourth-order valence-corrected chi connectivity index (χ4v) is 2.16. The number of carboxylic acids is 1. The fourth-order valence-electron chi connectivity index (χ4n) is 2.16. The molecule has 6 heteroatoms. The molecule has 0 aliphatic heterocycles. The largest absolute Gasteiger partial charge is 0.480 e. The highest BCUT2D eigenvalue weighted by Gasteiger charge is 2.36. The van der Waals surface area contributed by atoms with Crippen LogP contribution in [0.4, 0.5) is 0 Å². The quantitative estimate of drug-likeness (QED) is 0.833. The fraction of sp³-hybridized carbons (Fsp3) is 0.643. The van der Waals surface area contributed by atoms with Crippen molar-refractivity contribution >= 4 is 11.9 Å². The Morgan fingerprint density at radius 3 is 2.65 bits per heavy atom. The maximum absolute atomic E-state index is 12.2. The predicted molar refractivity (Wildman–Crippen MR) is 71.6 cm³/mol. The third kappa shape index (κ3) is 2.84. The SMILES string of the molecule is CCCC(C)(NC(=O)c1oc(C2CC2)nc1C)C(=O)O. The molecule has 1 aliphatic rings. The van der Waals surface area contributed by atoms with E-state index in [1.54, 1.807) is 6.92 Å². The van der Waals surface area contributed by atoms with E-state index in [4.69, 9.17) is 4.42 Å². The second-order valence-electron chi connectivity index (χ2n) is 5.58. The van der Waals surface area contributed by atoms with Gasteiger partial charge in [-0.25, -0.2) is 9.78 Å². The number of hydrogen-bond acceptors (Lipinski definition) is 4. The summed E-state index contributed by atoms with van der Waals surface area (Å²) < 4.78 is 5.49. The summed E-state index contributed by atoms with van der Waals surface area (Å²) in [5, 5.41) is 11.8. The van der Waals surface area contributed by atoms with Gasteiger partial charge < -0.3 is 14.8 Å². The van der Waals surface area contributed by atoms with Crippen molar-refractivity contribution < 1.29 is 19.1 Å². The first-order valence-corrected chi connectivity index (χ1v) is 6.90. The molecule has 1 heterocycles. The standard InChI is InChI=1S/C14H20N2O4/c1-4-7-14(3,13(18)19)16-11(17)10-8(2)15-12(20-10)9-5-6-9/h9H,4-7H2,1-3H3,(H,16,17)(H,18,19). The Labute approximate surface area is 117 Å². The van der Waals surface area contributed by atoms with Gasteiger partial charge in [-0.15, -0.1) is 0 Å². The van der Waals surface area contributed by atoms with Gasteiger partial charge in [-0.2, -0.15) is 0 Å². The first-order valence-electron chi connectivity index (χ1n) is 6.90. The van der Waals surface area contributed by atoms with E-state index in [-0.39, 0.29) is 5.76 Å². The van der Waals surface area contributed by atoms with Crippen LogP contribution >= 0.6 is 0 Å². The van der Waals surface area contributed by atoms with Gasteiger partial charge in [-0.1, -0.05) is 13.3 Å². The molecule has 20 heavy (non-hydrogen) atoms. The van der Waals surface area contributed by atoms with Gasteiger partial charge in [0.1, 0.15) is 5.54 Å². The van der Waals surface area contributed by atoms with Crippen LogP contribution in [0.25, 0.3) is 0 Å². The van der Waals surface area contributed by atoms with Gasteiger partial charge in [0.25, 0.3) is 5.91 Å². The lowest BCUT2D eigenvalue weighted by Crippen LogP contribution is -2.52. The highest BCUT2D eigenvalue weighted by molar-refractivity contribution is 5.96. The van der Waals surface area contributed by atoms with Gasteiger partial charge in [0, 0.05) is 5.92 Å². The minimum atomic E-state index is -1.29. The van der Waals surface area contributed by atoms with Crippen molar-refractivity contribution in [3.8, 4) is 0 Å². The van der Waals surface area contributed by atoms with Crippen molar-refractivity contribution in [1.82, 2.24) is 10.3 Å². The van der Waals surface area contributed by atoms with Gasteiger partial charge in [0.2, 0.25) is 5.76 Å². The Balaban J connectivity index is 2.16. The summed E-state index contributed by atoms with van der Waals surface area (Å²) in [4.78, 5) is 27.8. The molecular weight excluding hydrogens is 260 g/mol. The van der Waals surface area contributed by atoms with Gasteiger partial charge >= 0.3 is 5.97 Å². The maximum Gasteiger partial charge on any atom is 0.329 e. The molecule has 1 fully saturated rings. The van der Waals surface area contributed by atoms with Crippen LogP contribution in [0, 0.1) is 6.92 Å². The molecule has 1 aliphatic carbocycles.